The number of halogens is 4. The van der Waals surface area contributed by atoms with Crippen LogP contribution >= 0.6 is 11.6 Å². The molecule has 1 heterocycles. The lowest BCUT2D eigenvalue weighted by Gasteiger charge is -2.43. The lowest BCUT2D eigenvalue weighted by Crippen LogP contribution is -2.55. The molecule has 1 aliphatic heterocycles. The summed E-state index contributed by atoms with van der Waals surface area (Å²) in [5.41, 5.74) is 7.56. The third kappa shape index (κ3) is 6.94. The Kier molecular flexibility index (Phi) is 9.98. The number of alkyl halides is 3. The van der Waals surface area contributed by atoms with Crippen LogP contribution in [0.5, 0.6) is 0 Å². The van der Waals surface area contributed by atoms with Gasteiger partial charge in [0.05, 0.1) is 21.7 Å². The highest BCUT2D eigenvalue weighted by molar-refractivity contribution is 6.33. The number of nitrogens with zero attached hydrogens (tertiary/aromatic N) is 2. The molecule has 43 heavy (non-hydrogen) atoms. The molecule has 1 fully saturated rings. The van der Waals surface area contributed by atoms with E-state index in [1.54, 1.807) is 30.1 Å². The second kappa shape index (κ2) is 13.5. The highest BCUT2D eigenvalue weighted by Gasteiger charge is 2.34. The predicted octanol–water partition coefficient (Wildman–Crippen LogP) is 4.81. The van der Waals surface area contributed by atoms with E-state index in [1.165, 1.54) is 0 Å². The van der Waals surface area contributed by atoms with E-state index >= 15 is 0 Å². The van der Waals surface area contributed by atoms with E-state index in [2.05, 4.69) is 15.5 Å². The molecule has 0 aromatic heterocycles. The predicted molar refractivity (Wildman–Crippen MR) is 160 cm³/mol. The van der Waals surface area contributed by atoms with Gasteiger partial charge in [0.2, 0.25) is 0 Å². The lowest BCUT2D eigenvalue weighted by atomic mass is 9.95. The summed E-state index contributed by atoms with van der Waals surface area (Å²) in [7, 11) is 1.55. The van der Waals surface area contributed by atoms with Crippen LogP contribution in [0.1, 0.15) is 50.0 Å². The molecule has 3 amide bonds. The number of anilines is 1. The van der Waals surface area contributed by atoms with Crippen LogP contribution in [0.25, 0.3) is 11.1 Å². The van der Waals surface area contributed by atoms with Gasteiger partial charge in [-0.25, -0.2) is 0 Å². The maximum Gasteiger partial charge on any atom is 0.416 e. The smallest absolute Gasteiger partial charge is 0.364 e. The average Bonchev–Trinajstić information content (AvgIpc) is 3.01. The Morgan fingerprint density at radius 3 is 2.37 bits per heavy atom. The van der Waals surface area contributed by atoms with Gasteiger partial charge in [-0.2, -0.15) is 13.2 Å². The summed E-state index contributed by atoms with van der Waals surface area (Å²) in [5.74, 6) is -1.04. The minimum atomic E-state index is -4.57. The van der Waals surface area contributed by atoms with Crippen molar-refractivity contribution in [2.45, 2.75) is 25.6 Å². The van der Waals surface area contributed by atoms with Gasteiger partial charge in [-0.1, -0.05) is 42.8 Å². The maximum absolute atomic E-state index is 13.4. The van der Waals surface area contributed by atoms with E-state index < -0.39 is 17.6 Å². The van der Waals surface area contributed by atoms with E-state index in [9.17, 15) is 27.6 Å². The highest BCUT2D eigenvalue weighted by Crippen LogP contribution is 2.35. The van der Waals surface area contributed by atoms with Crippen LogP contribution in [-0.4, -0.2) is 68.4 Å². The number of nitrogens with two attached hydrogens (primary N) is 1. The molecule has 3 aromatic rings. The molecule has 8 nitrogen and oxygen atoms in total. The molecule has 12 heteroatoms. The average molecular weight is 616 g/mol. The molecule has 3 aromatic carbocycles. The summed E-state index contributed by atoms with van der Waals surface area (Å²) in [6, 6.07) is 15.1. The van der Waals surface area contributed by atoms with Crippen molar-refractivity contribution in [3.05, 3.63) is 87.9 Å². The van der Waals surface area contributed by atoms with Crippen LogP contribution < -0.4 is 21.3 Å². The van der Waals surface area contributed by atoms with Crippen molar-refractivity contribution in [2.24, 2.45) is 5.73 Å². The molecule has 1 saturated heterocycles. The van der Waals surface area contributed by atoms with Crippen molar-refractivity contribution in [1.29, 1.82) is 0 Å². The van der Waals surface area contributed by atoms with Gasteiger partial charge in [0.1, 0.15) is 0 Å². The van der Waals surface area contributed by atoms with Gasteiger partial charge in [0.15, 0.2) is 0 Å². The summed E-state index contributed by atoms with van der Waals surface area (Å²) in [6.07, 6.45) is -3.95. The van der Waals surface area contributed by atoms with Gasteiger partial charge in [-0.3, -0.25) is 14.4 Å². The zero-order valence-corrected chi connectivity index (χ0v) is 24.6. The fraction of sp³-hybridized carbons (Fsp3) is 0.323. The molecule has 1 atom stereocenters. The molecule has 0 saturated carbocycles. The van der Waals surface area contributed by atoms with Crippen LogP contribution in [0.4, 0.5) is 18.9 Å². The minimum Gasteiger partial charge on any atom is -0.364 e. The normalized spacial score (nSPS) is 15.3. The molecule has 0 radical (unpaired) electrons. The van der Waals surface area contributed by atoms with Crippen LogP contribution in [-0.2, 0) is 6.18 Å². The van der Waals surface area contributed by atoms with Gasteiger partial charge in [-0.05, 0) is 53.9 Å². The standard InChI is InChI=1S/C31H33ClF3N5O3/c1-3-21-18-39(30(43)24-10-9-20(17-26(24)32)31(33,34)35)14-15-40(21)27-11-8-19(16-25(27)29(42)38-13-12-36)22-6-4-5-7-23(22)28(41)37-2/h4-11,16-17,21H,3,12-15,18,36H2,1-2H3,(H,37,41)(H,38,42). The van der Waals surface area contributed by atoms with Gasteiger partial charge < -0.3 is 26.2 Å². The molecule has 0 bridgehead atoms. The Bertz CT molecular complexity index is 1510. The Morgan fingerprint density at radius 2 is 1.72 bits per heavy atom. The first-order valence-electron chi connectivity index (χ1n) is 13.9. The number of carbonyl (C=O) groups is 3. The van der Waals surface area contributed by atoms with Crippen molar-refractivity contribution in [3.8, 4) is 11.1 Å². The number of nitrogens with one attached hydrogen (secondary N) is 2. The Labute approximate surface area is 253 Å². The quantitative estimate of drug-likeness (QED) is 0.337. The van der Waals surface area contributed by atoms with Crippen LogP contribution in [0.2, 0.25) is 5.02 Å². The molecule has 1 aliphatic rings. The Morgan fingerprint density at radius 1 is 0.977 bits per heavy atom. The first-order valence-corrected chi connectivity index (χ1v) is 14.2. The van der Waals surface area contributed by atoms with E-state index in [1.807, 2.05) is 31.2 Å². The van der Waals surface area contributed by atoms with Crippen molar-refractivity contribution < 1.29 is 27.6 Å². The molecule has 4 N–H and O–H groups in total. The summed E-state index contributed by atoms with van der Waals surface area (Å²) in [5, 5.41) is 5.21. The number of hydrogen-bond donors (Lipinski definition) is 3. The lowest BCUT2D eigenvalue weighted by molar-refractivity contribution is -0.137. The monoisotopic (exact) mass is 615 g/mol. The number of piperazine rings is 1. The zero-order valence-electron chi connectivity index (χ0n) is 23.8. The molecular formula is C31H33ClF3N5O3. The van der Waals surface area contributed by atoms with Crippen LogP contribution in [0, 0.1) is 0 Å². The second-order valence-electron chi connectivity index (χ2n) is 10.1. The Hall–Kier alpha value is -4.09. The van der Waals surface area contributed by atoms with E-state index in [0.29, 0.717) is 40.9 Å². The molecule has 1 unspecified atom stereocenters. The summed E-state index contributed by atoms with van der Waals surface area (Å²) < 4.78 is 39.3. The molecular weight excluding hydrogens is 583 g/mol. The zero-order chi connectivity index (χ0) is 31.3. The molecule has 0 spiro atoms. The van der Waals surface area contributed by atoms with Crippen LogP contribution in [0.15, 0.2) is 60.7 Å². The minimum absolute atomic E-state index is 0.000967. The highest BCUT2D eigenvalue weighted by atomic mass is 35.5. The summed E-state index contributed by atoms with van der Waals surface area (Å²) in [6.45, 7) is 3.39. The number of amides is 3. The van der Waals surface area contributed by atoms with Crippen molar-refractivity contribution in [3.63, 3.8) is 0 Å². The number of rotatable bonds is 8. The number of carbonyl (C=O) groups excluding carboxylic acids is 3. The first kappa shape index (κ1) is 31.8. The summed E-state index contributed by atoms with van der Waals surface area (Å²) >= 11 is 6.11. The topological polar surface area (TPSA) is 108 Å². The molecule has 4 rings (SSSR count). The van der Waals surface area contributed by atoms with E-state index in [0.717, 1.165) is 18.2 Å². The molecule has 228 valence electrons. The van der Waals surface area contributed by atoms with Crippen molar-refractivity contribution >= 4 is 35.0 Å². The van der Waals surface area contributed by atoms with Gasteiger partial charge in [-0.15, -0.1) is 0 Å². The third-order valence-electron chi connectivity index (χ3n) is 7.46. The van der Waals surface area contributed by atoms with Crippen molar-refractivity contribution in [1.82, 2.24) is 15.5 Å². The fourth-order valence-corrected chi connectivity index (χ4v) is 5.49. The number of hydrogen-bond acceptors (Lipinski definition) is 5. The maximum atomic E-state index is 13.4. The Balaban J connectivity index is 1.66. The van der Waals surface area contributed by atoms with E-state index in [-0.39, 0.29) is 54.6 Å². The van der Waals surface area contributed by atoms with Crippen molar-refractivity contribution in [2.75, 3.05) is 44.7 Å². The third-order valence-corrected chi connectivity index (χ3v) is 7.77. The van der Waals surface area contributed by atoms with Gasteiger partial charge in [0.25, 0.3) is 17.7 Å². The van der Waals surface area contributed by atoms with Gasteiger partial charge in [0, 0.05) is 57.1 Å². The first-order chi connectivity index (χ1) is 20.5. The summed E-state index contributed by atoms with van der Waals surface area (Å²) in [4.78, 5) is 42.9. The van der Waals surface area contributed by atoms with E-state index in [4.69, 9.17) is 17.3 Å². The largest absolute Gasteiger partial charge is 0.416 e. The van der Waals surface area contributed by atoms with Gasteiger partial charge >= 0.3 is 6.18 Å². The SMILES string of the molecule is CCC1CN(C(=O)c2ccc(C(F)(F)F)cc2Cl)CCN1c1ccc(-c2ccccc2C(=O)NC)cc1C(=O)NCCN. The fourth-order valence-electron chi connectivity index (χ4n) is 5.23. The second-order valence-corrected chi connectivity index (χ2v) is 10.5. The number of benzene rings is 3. The van der Waals surface area contributed by atoms with Crippen LogP contribution in [0.3, 0.4) is 0 Å². The molecule has 0 aliphatic carbocycles.